The lowest BCUT2D eigenvalue weighted by Crippen LogP contribution is -2.22. The maximum absolute atomic E-state index is 3.67. The zero-order chi connectivity index (χ0) is 12.7. The van der Waals surface area contributed by atoms with E-state index in [0.29, 0.717) is 5.92 Å². The summed E-state index contributed by atoms with van der Waals surface area (Å²) in [5.41, 5.74) is 1.44. The van der Waals surface area contributed by atoms with Gasteiger partial charge < -0.3 is 5.32 Å². The van der Waals surface area contributed by atoms with Gasteiger partial charge in [0.1, 0.15) is 0 Å². The molecule has 0 amide bonds. The monoisotopic (exact) mass is 297 g/mol. The average molecular weight is 298 g/mol. The highest BCUT2D eigenvalue weighted by Gasteiger charge is 2.16. The van der Waals surface area contributed by atoms with Crippen LogP contribution in [0.4, 0.5) is 0 Å². The van der Waals surface area contributed by atoms with E-state index in [4.69, 9.17) is 0 Å². The van der Waals surface area contributed by atoms with Crippen molar-refractivity contribution in [3.05, 3.63) is 34.3 Å². The van der Waals surface area contributed by atoms with Gasteiger partial charge in [-0.2, -0.15) is 0 Å². The summed E-state index contributed by atoms with van der Waals surface area (Å²) in [6.45, 7) is 8.90. The molecule has 0 aliphatic carbocycles. The number of hydrogen-bond acceptors (Lipinski definition) is 1. The first kappa shape index (κ1) is 14.7. The minimum absolute atomic E-state index is 0.612. The third-order valence-electron chi connectivity index (χ3n) is 3.37. The van der Waals surface area contributed by atoms with Crippen LogP contribution in [0.5, 0.6) is 0 Å². The van der Waals surface area contributed by atoms with E-state index in [-0.39, 0.29) is 0 Å². The first-order chi connectivity index (χ1) is 8.19. The minimum Gasteiger partial charge on any atom is -0.316 e. The maximum atomic E-state index is 3.67. The van der Waals surface area contributed by atoms with Gasteiger partial charge in [0, 0.05) is 11.0 Å². The molecule has 17 heavy (non-hydrogen) atoms. The van der Waals surface area contributed by atoms with E-state index in [2.05, 4.69) is 66.3 Å². The largest absolute Gasteiger partial charge is 0.316 e. The molecule has 2 atom stereocenters. The molecule has 1 N–H and O–H groups in total. The fourth-order valence-electron chi connectivity index (χ4n) is 2.10. The van der Waals surface area contributed by atoms with Crippen LogP contribution in [0.1, 0.15) is 45.1 Å². The number of likely N-dealkylation sites (N-methyl/N-ethyl adjacent to an activating group) is 1. The van der Waals surface area contributed by atoms with E-state index in [1.165, 1.54) is 22.9 Å². The van der Waals surface area contributed by atoms with E-state index in [0.717, 1.165) is 19.0 Å². The molecule has 0 bridgehead atoms. The van der Waals surface area contributed by atoms with Crippen molar-refractivity contribution in [1.29, 1.82) is 0 Å². The van der Waals surface area contributed by atoms with Crippen LogP contribution in [-0.4, -0.2) is 13.1 Å². The van der Waals surface area contributed by atoms with Crippen molar-refractivity contribution in [3.8, 4) is 0 Å². The van der Waals surface area contributed by atoms with E-state index in [1.54, 1.807) is 0 Å². The summed E-state index contributed by atoms with van der Waals surface area (Å²) >= 11 is 3.67. The molecule has 0 saturated carbocycles. The molecule has 0 aliphatic heterocycles. The zero-order valence-corrected chi connectivity index (χ0v) is 12.8. The highest BCUT2D eigenvalue weighted by Crippen LogP contribution is 2.30. The predicted molar refractivity (Wildman–Crippen MR) is 79.5 cm³/mol. The van der Waals surface area contributed by atoms with Gasteiger partial charge in [-0.1, -0.05) is 61.3 Å². The fourth-order valence-corrected chi connectivity index (χ4v) is 2.71. The molecule has 0 fully saturated rings. The second-order valence-electron chi connectivity index (χ2n) is 4.78. The van der Waals surface area contributed by atoms with Crippen molar-refractivity contribution in [2.24, 2.45) is 5.92 Å². The SMILES string of the molecule is CCNCC(CC(C)CC)c1ccccc1Br. The van der Waals surface area contributed by atoms with Gasteiger partial charge in [-0.25, -0.2) is 0 Å². The topological polar surface area (TPSA) is 12.0 Å². The average Bonchev–Trinajstić information content (AvgIpc) is 2.35. The van der Waals surface area contributed by atoms with E-state index < -0.39 is 0 Å². The Morgan fingerprint density at radius 1 is 1.24 bits per heavy atom. The molecule has 1 aromatic carbocycles. The van der Waals surface area contributed by atoms with Gasteiger partial charge in [0.2, 0.25) is 0 Å². The van der Waals surface area contributed by atoms with Gasteiger partial charge in [-0.05, 0) is 36.4 Å². The predicted octanol–water partition coefficient (Wildman–Crippen LogP) is 4.58. The Hall–Kier alpha value is -0.340. The lowest BCUT2D eigenvalue weighted by atomic mass is 9.88. The van der Waals surface area contributed by atoms with Crippen LogP contribution in [0.15, 0.2) is 28.7 Å². The number of nitrogens with one attached hydrogen (secondary N) is 1. The van der Waals surface area contributed by atoms with Crippen LogP contribution >= 0.6 is 15.9 Å². The van der Waals surface area contributed by atoms with Crippen LogP contribution in [-0.2, 0) is 0 Å². The maximum Gasteiger partial charge on any atom is 0.0210 e. The van der Waals surface area contributed by atoms with Gasteiger partial charge in [-0.15, -0.1) is 0 Å². The summed E-state index contributed by atoms with van der Waals surface area (Å²) in [5, 5.41) is 3.48. The third-order valence-corrected chi connectivity index (χ3v) is 4.09. The molecule has 0 spiro atoms. The van der Waals surface area contributed by atoms with Gasteiger partial charge in [-0.3, -0.25) is 0 Å². The Labute approximate surface area is 114 Å². The first-order valence-electron chi connectivity index (χ1n) is 6.64. The smallest absolute Gasteiger partial charge is 0.0210 e. The molecule has 2 unspecified atom stereocenters. The van der Waals surface area contributed by atoms with Gasteiger partial charge >= 0.3 is 0 Å². The summed E-state index contributed by atoms with van der Waals surface area (Å²) in [6, 6.07) is 8.61. The molecule has 0 aliphatic rings. The van der Waals surface area contributed by atoms with Crippen molar-refractivity contribution in [2.45, 2.75) is 39.5 Å². The zero-order valence-electron chi connectivity index (χ0n) is 11.2. The first-order valence-corrected chi connectivity index (χ1v) is 7.43. The van der Waals surface area contributed by atoms with E-state index in [9.17, 15) is 0 Å². The standard InChI is InChI=1S/C15H24BrN/c1-4-12(3)10-13(11-17-5-2)14-8-6-7-9-15(14)16/h6-9,12-13,17H,4-5,10-11H2,1-3H3. The highest BCUT2D eigenvalue weighted by atomic mass is 79.9. The molecule has 0 heterocycles. The molecule has 2 heteroatoms. The molecular formula is C15H24BrN. The lowest BCUT2D eigenvalue weighted by molar-refractivity contribution is 0.438. The number of halogens is 1. The molecule has 96 valence electrons. The summed E-state index contributed by atoms with van der Waals surface area (Å²) < 4.78 is 1.24. The van der Waals surface area contributed by atoms with E-state index in [1.807, 2.05) is 0 Å². The number of rotatable bonds is 7. The second kappa shape index (κ2) is 7.88. The fraction of sp³-hybridized carbons (Fsp3) is 0.600. The minimum atomic E-state index is 0.612. The lowest BCUT2D eigenvalue weighted by Gasteiger charge is -2.22. The molecule has 1 rings (SSSR count). The van der Waals surface area contributed by atoms with Crippen LogP contribution in [0, 0.1) is 5.92 Å². The Balaban J connectivity index is 2.78. The summed E-state index contributed by atoms with van der Waals surface area (Å²) in [5.74, 6) is 1.39. The number of benzene rings is 1. The molecule has 0 radical (unpaired) electrons. The van der Waals surface area contributed by atoms with Gasteiger partial charge in [0.15, 0.2) is 0 Å². The summed E-state index contributed by atoms with van der Waals surface area (Å²) in [6.07, 6.45) is 2.51. The second-order valence-corrected chi connectivity index (χ2v) is 5.63. The van der Waals surface area contributed by atoms with Crippen LogP contribution in [0.3, 0.4) is 0 Å². The van der Waals surface area contributed by atoms with Crippen LogP contribution in [0.2, 0.25) is 0 Å². The van der Waals surface area contributed by atoms with Crippen molar-refractivity contribution >= 4 is 15.9 Å². The third kappa shape index (κ3) is 4.81. The summed E-state index contributed by atoms with van der Waals surface area (Å²) in [4.78, 5) is 0. The van der Waals surface area contributed by atoms with Gasteiger partial charge in [0.25, 0.3) is 0 Å². The Bertz CT molecular complexity index is 324. The number of hydrogen-bond donors (Lipinski definition) is 1. The van der Waals surface area contributed by atoms with Crippen molar-refractivity contribution in [3.63, 3.8) is 0 Å². The molecule has 1 nitrogen and oxygen atoms in total. The van der Waals surface area contributed by atoms with E-state index >= 15 is 0 Å². The normalized spacial score (nSPS) is 14.6. The Kier molecular flexibility index (Phi) is 6.83. The Morgan fingerprint density at radius 2 is 1.94 bits per heavy atom. The van der Waals surface area contributed by atoms with Crippen molar-refractivity contribution in [1.82, 2.24) is 5.32 Å². The molecule has 1 aromatic rings. The van der Waals surface area contributed by atoms with Gasteiger partial charge in [0.05, 0.1) is 0 Å². The Morgan fingerprint density at radius 3 is 2.53 bits per heavy atom. The van der Waals surface area contributed by atoms with Crippen LogP contribution < -0.4 is 5.32 Å². The molecule has 0 aromatic heterocycles. The van der Waals surface area contributed by atoms with Crippen molar-refractivity contribution in [2.75, 3.05) is 13.1 Å². The van der Waals surface area contributed by atoms with Crippen LogP contribution in [0.25, 0.3) is 0 Å². The van der Waals surface area contributed by atoms with Crippen molar-refractivity contribution < 1.29 is 0 Å². The highest BCUT2D eigenvalue weighted by molar-refractivity contribution is 9.10. The quantitative estimate of drug-likeness (QED) is 0.777. The molecule has 0 saturated heterocycles. The molecular weight excluding hydrogens is 274 g/mol. The summed E-state index contributed by atoms with van der Waals surface area (Å²) in [7, 11) is 0.